The van der Waals surface area contributed by atoms with Crippen molar-refractivity contribution in [1.29, 1.82) is 0 Å². The Morgan fingerprint density at radius 3 is 2.94 bits per heavy atom. The molecule has 2 N–H and O–H groups in total. The zero-order valence-electron chi connectivity index (χ0n) is 9.65. The van der Waals surface area contributed by atoms with Crippen molar-refractivity contribution >= 4 is 5.91 Å². The third kappa shape index (κ3) is 2.42. The van der Waals surface area contributed by atoms with Crippen LogP contribution in [-0.4, -0.2) is 30.4 Å². The lowest BCUT2D eigenvalue weighted by Gasteiger charge is -2.15. The molecule has 1 aromatic carbocycles. The van der Waals surface area contributed by atoms with E-state index in [2.05, 4.69) is 36.1 Å². The lowest BCUT2D eigenvalue weighted by molar-refractivity contribution is -0.118. The van der Waals surface area contributed by atoms with Gasteiger partial charge in [-0.15, -0.1) is 0 Å². The van der Waals surface area contributed by atoms with E-state index in [4.69, 9.17) is 5.73 Å². The Balaban J connectivity index is 2.04. The first-order valence-electron chi connectivity index (χ1n) is 5.73. The summed E-state index contributed by atoms with van der Waals surface area (Å²) in [6.45, 7) is 4.46. The van der Waals surface area contributed by atoms with Crippen LogP contribution in [0.2, 0.25) is 0 Å². The molecule has 1 heterocycles. The zero-order chi connectivity index (χ0) is 11.5. The number of hydrogen-bond donors (Lipinski definition) is 1. The minimum absolute atomic E-state index is 0.231. The maximum Gasteiger partial charge on any atom is 0.231 e. The number of likely N-dealkylation sites (tertiary alicyclic amines) is 1. The number of primary amides is 1. The molecule has 1 saturated heterocycles. The molecular formula is C13H18N2O. The fourth-order valence-corrected chi connectivity index (χ4v) is 2.50. The monoisotopic (exact) mass is 218 g/mol. The van der Waals surface area contributed by atoms with Gasteiger partial charge in [-0.3, -0.25) is 9.69 Å². The summed E-state index contributed by atoms with van der Waals surface area (Å²) in [6.07, 6.45) is 1.12. The highest BCUT2D eigenvalue weighted by molar-refractivity contribution is 5.75. The van der Waals surface area contributed by atoms with Gasteiger partial charge in [-0.1, -0.05) is 24.3 Å². The molecule has 86 valence electrons. The molecule has 1 atom stereocenters. The van der Waals surface area contributed by atoms with Gasteiger partial charge in [0.25, 0.3) is 0 Å². The highest BCUT2D eigenvalue weighted by Crippen LogP contribution is 2.28. The first-order valence-corrected chi connectivity index (χ1v) is 5.73. The van der Waals surface area contributed by atoms with Crippen LogP contribution >= 0.6 is 0 Å². The van der Waals surface area contributed by atoms with Gasteiger partial charge in [-0.05, 0) is 36.9 Å². The first-order chi connectivity index (χ1) is 7.66. The minimum Gasteiger partial charge on any atom is -0.369 e. The van der Waals surface area contributed by atoms with Crippen molar-refractivity contribution in [1.82, 2.24) is 4.90 Å². The average molecular weight is 218 g/mol. The summed E-state index contributed by atoms with van der Waals surface area (Å²) >= 11 is 0. The summed E-state index contributed by atoms with van der Waals surface area (Å²) in [5, 5.41) is 0. The smallest absolute Gasteiger partial charge is 0.231 e. The second-order valence-corrected chi connectivity index (χ2v) is 4.54. The van der Waals surface area contributed by atoms with Crippen LogP contribution in [0.15, 0.2) is 24.3 Å². The van der Waals surface area contributed by atoms with Crippen LogP contribution in [0.1, 0.15) is 23.5 Å². The van der Waals surface area contributed by atoms with E-state index in [0.29, 0.717) is 12.5 Å². The molecule has 1 amide bonds. The standard InChI is InChI=1S/C13H18N2O/c1-10-4-2-3-5-12(10)11-6-7-15(8-11)9-13(14)16/h2-5,11H,6-9H2,1H3,(H2,14,16). The Kier molecular flexibility index (Phi) is 3.25. The number of hydrogen-bond acceptors (Lipinski definition) is 2. The predicted molar refractivity (Wildman–Crippen MR) is 64.2 cm³/mol. The second-order valence-electron chi connectivity index (χ2n) is 4.54. The highest BCUT2D eigenvalue weighted by Gasteiger charge is 2.25. The van der Waals surface area contributed by atoms with Gasteiger partial charge >= 0.3 is 0 Å². The van der Waals surface area contributed by atoms with Crippen LogP contribution in [0.5, 0.6) is 0 Å². The summed E-state index contributed by atoms with van der Waals surface area (Å²) in [4.78, 5) is 13.0. The number of carbonyl (C=O) groups is 1. The zero-order valence-corrected chi connectivity index (χ0v) is 9.65. The van der Waals surface area contributed by atoms with Crippen LogP contribution in [0.25, 0.3) is 0 Å². The van der Waals surface area contributed by atoms with Crippen molar-refractivity contribution in [3.05, 3.63) is 35.4 Å². The Labute approximate surface area is 96.2 Å². The molecule has 1 unspecified atom stereocenters. The largest absolute Gasteiger partial charge is 0.369 e. The molecule has 0 aromatic heterocycles. The normalized spacial score (nSPS) is 21.2. The van der Waals surface area contributed by atoms with E-state index in [1.807, 2.05) is 0 Å². The first kappa shape index (κ1) is 11.1. The molecular weight excluding hydrogens is 200 g/mol. The average Bonchev–Trinajstić information content (AvgIpc) is 2.66. The van der Waals surface area contributed by atoms with E-state index in [0.717, 1.165) is 19.5 Å². The number of carbonyl (C=O) groups excluding carboxylic acids is 1. The van der Waals surface area contributed by atoms with Crippen molar-refractivity contribution in [2.75, 3.05) is 19.6 Å². The highest BCUT2D eigenvalue weighted by atomic mass is 16.1. The number of benzene rings is 1. The third-order valence-electron chi connectivity index (χ3n) is 3.28. The molecule has 16 heavy (non-hydrogen) atoms. The molecule has 3 nitrogen and oxygen atoms in total. The molecule has 1 fully saturated rings. The quantitative estimate of drug-likeness (QED) is 0.830. The van der Waals surface area contributed by atoms with E-state index in [1.165, 1.54) is 11.1 Å². The summed E-state index contributed by atoms with van der Waals surface area (Å²) < 4.78 is 0. The molecule has 1 aromatic rings. The van der Waals surface area contributed by atoms with E-state index in [9.17, 15) is 4.79 Å². The third-order valence-corrected chi connectivity index (χ3v) is 3.28. The SMILES string of the molecule is Cc1ccccc1C1CCN(CC(N)=O)C1. The number of rotatable bonds is 3. The summed E-state index contributed by atoms with van der Waals surface area (Å²) in [6, 6.07) is 8.48. The number of nitrogens with zero attached hydrogens (tertiary/aromatic N) is 1. The molecule has 2 rings (SSSR count). The van der Waals surface area contributed by atoms with Gasteiger partial charge in [-0.2, -0.15) is 0 Å². The van der Waals surface area contributed by atoms with Gasteiger partial charge in [0.1, 0.15) is 0 Å². The van der Waals surface area contributed by atoms with Crippen molar-refractivity contribution in [2.45, 2.75) is 19.3 Å². The number of amides is 1. The molecule has 0 spiro atoms. The lowest BCUT2D eigenvalue weighted by Crippen LogP contribution is -2.31. The van der Waals surface area contributed by atoms with Crippen LogP contribution < -0.4 is 5.73 Å². The Hall–Kier alpha value is -1.35. The fraction of sp³-hybridized carbons (Fsp3) is 0.462. The minimum atomic E-state index is -0.231. The molecule has 1 aliphatic rings. The Morgan fingerprint density at radius 2 is 2.25 bits per heavy atom. The molecule has 0 radical (unpaired) electrons. The fourth-order valence-electron chi connectivity index (χ4n) is 2.50. The van der Waals surface area contributed by atoms with E-state index < -0.39 is 0 Å². The Morgan fingerprint density at radius 1 is 1.50 bits per heavy atom. The van der Waals surface area contributed by atoms with Crippen LogP contribution in [0.3, 0.4) is 0 Å². The number of nitrogens with two attached hydrogens (primary N) is 1. The van der Waals surface area contributed by atoms with Crippen molar-refractivity contribution in [3.8, 4) is 0 Å². The van der Waals surface area contributed by atoms with E-state index >= 15 is 0 Å². The Bertz CT molecular complexity index is 389. The predicted octanol–water partition coefficient (Wildman–Crippen LogP) is 1.27. The van der Waals surface area contributed by atoms with Gasteiger partial charge in [0, 0.05) is 6.54 Å². The van der Waals surface area contributed by atoms with Crippen molar-refractivity contribution in [3.63, 3.8) is 0 Å². The molecule has 0 saturated carbocycles. The van der Waals surface area contributed by atoms with Gasteiger partial charge in [0.05, 0.1) is 6.54 Å². The molecule has 0 bridgehead atoms. The topological polar surface area (TPSA) is 46.3 Å². The van der Waals surface area contributed by atoms with Crippen LogP contribution in [0, 0.1) is 6.92 Å². The molecule has 3 heteroatoms. The lowest BCUT2D eigenvalue weighted by atomic mass is 9.94. The van der Waals surface area contributed by atoms with E-state index in [1.54, 1.807) is 0 Å². The summed E-state index contributed by atoms with van der Waals surface area (Å²) in [5.41, 5.74) is 7.96. The molecule has 0 aliphatic carbocycles. The van der Waals surface area contributed by atoms with Gasteiger partial charge in [-0.25, -0.2) is 0 Å². The van der Waals surface area contributed by atoms with Crippen molar-refractivity contribution in [2.24, 2.45) is 5.73 Å². The van der Waals surface area contributed by atoms with Crippen LogP contribution in [0.4, 0.5) is 0 Å². The summed E-state index contributed by atoms with van der Waals surface area (Å²) in [5.74, 6) is 0.325. The van der Waals surface area contributed by atoms with E-state index in [-0.39, 0.29) is 5.91 Å². The van der Waals surface area contributed by atoms with Crippen LogP contribution in [-0.2, 0) is 4.79 Å². The van der Waals surface area contributed by atoms with Gasteiger partial charge in [0.15, 0.2) is 0 Å². The van der Waals surface area contributed by atoms with Gasteiger partial charge in [0.2, 0.25) is 5.91 Å². The number of aryl methyl sites for hydroxylation is 1. The van der Waals surface area contributed by atoms with Gasteiger partial charge < -0.3 is 5.73 Å². The maximum absolute atomic E-state index is 10.8. The maximum atomic E-state index is 10.8. The summed E-state index contributed by atoms with van der Waals surface area (Å²) in [7, 11) is 0. The van der Waals surface area contributed by atoms with Crippen molar-refractivity contribution < 1.29 is 4.79 Å². The second kappa shape index (κ2) is 4.66. The molecule has 1 aliphatic heterocycles.